The lowest BCUT2D eigenvalue weighted by Gasteiger charge is -2.32. The van der Waals surface area contributed by atoms with E-state index in [1.807, 2.05) is 13.0 Å². The van der Waals surface area contributed by atoms with E-state index < -0.39 is 5.97 Å². The molecule has 4 heteroatoms. The molecule has 0 radical (unpaired) electrons. The first-order valence-corrected chi connectivity index (χ1v) is 7.28. The van der Waals surface area contributed by atoms with Crippen LogP contribution in [-0.4, -0.2) is 49.2 Å². The van der Waals surface area contributed by atoms with Gasteiger partial charge in [0.1, 0.15) is 0 Å². The van der Waals surface area contributed by atoms with Gasteiger partial charge >= 0.3 is 5.97 Å². The van der Waals surface area contributed by atoms with Crippen LogP contribution in [0.4, 0.5) is 5.69 Å². The van der Waals surface area contributed by atoms with E-state index in [2.05, 4.69) is 49.9 Å². The van der Waals surface area contributed by atoms with Crippen molar-refractivity contribution >= 4 is 17.7 Å². The van der Waals surface area contributed by atoms with E-state index in [4.69, 9.17) is 5.11 Å². The lowest BCUT2D eigenvalue weighted by atomic mass is 10.1. The van der Waals surface area contributed by atoms with Gasteiger partial charge in [-0.2, -0.15) is 0 Å². The number of nitrogens with zero attached hydrogens (tertiary/aromatic N) is 2. The van der Waals surface area contributed by atoms with Crippen LogP contribution in [0.3, 0.4) is 0 Å². The van der Waals surface area contributed by atoms with Crippen LogP contribution >= 0.6 is 0 Å². The van der Waals surface area contributed by atoms with E-state index in [0.717, 1.165) is 24.2 Å². The second-order valence-corrected chi connectivity index (χ2v) is 5.61. The van der Waals surface area contributed by atoms with E-state index in [1.165, 1.54) is 11.8 Å². The number of rotatable bonds is 7. The Kier molecular flexibility index (Phi) is 6.43. The van der Waals surface area contributed by atoms with E-state index in [0.29, 0.717) is 6.04 Å². The Morgan fingerprint density at radius 3 is 2.52 bits per heavy atom. The van der Waals surface area contributed by atoms with Crippen LogP contribution in [-0.2, 0) is 4.79 Å². The summed E-state index contributed by atoms with van der Waals surface area (Å²) >= 11 is 0. The SMILES string of the molecule is CCN(c1ccc(/C=C/C(=O)O)c(C)c1)C(C)CN(C)C. The number of benzene rings is 1. The van der Waals surface area contributed by atoms with Gasteiger partial charge in [-0.1, -0.05) is 6.07 Å². The van der Waals surface area contributed by atoms with Crippen molar-refractivity contribution < 1.29 is 9.90 Å². The Bertz CT molecular complexity index is 510. The summed E-state index contributed by atoms with van der Waals surface area (Å²) in [6.07, 6.45) is 2.81. The van der Waals surface area contributed by atoms with Crippen LogP contribution in [0.25, 0.3) is 6.08 Å². The van der Waals surface area contributed by atoms with Gasteiger partial charge in [0, 0.05) is 30.9 Å². The summed E-state index contributed by atoms with van der Waals surface area (Å²) in [5.74, 6) is -0.923. The van der Waals surface area contributed by atoms with Gasteiger partial charge in [0.2, 0.25) is 0 Å². The van der Waals surface area contributed by atoms with Gasteiger partial charge in [-0.05, 0) is 64.2 Å². The van der Waals surface area contributed by atoms with Crippen LogP contribution in [0.1, 0.15) is 25.0 Å². The molecule has 116 valence electrons. The first kappa shape index (κ1) is 17.2. The molecule has 1 N–H and O–H groups in total. The summed E-state index contributed by atoms with van der Waals surface area (Å²) in [5, 5.41) is 8.70. The highest BCUT2D eigenvalue weighted by Gasteiger charge is 2.14. The monoisotopic (exact) mass is 290 g/mol. The molecule has 0 amide bonds. The fourth-order valence-electron chi connectivity index (χ4n) is 2.56. The molecule has 1 aromatic rings. The molecule has 0 aliphatic rings. The average molecular weight is 290 g/mol. The summed E-state index contributed by atoms with van der Waals surface area (Å²) in [7, 11) is 4.16. The Morgan fingerprint density at radius 2 is 2.05 bits per heavy atom. The first-order valence-electron chi connectivity index (χ1n) is 7.28. The molecule has 0 fully saturated rings. The number of hydrogen-bond donors (Lipinski definition) is 1. The van der Waals surface area contributed by atoms with Gasteiger partial charge in [-0.3, -0.25) is 0 Å². The summed E-state index contributed by atoms with van der Waals surface area (Å²) < 4.78 is 0. The number of carboxylic acids is 1. The summed E-state index contributed by atoms with van der Waals surface area (Å²) in [5.41, 5.74) is 3.20. The largest absolute Gasteiger partial charge is 0.478 e. The summed E-state index contributed by atoms with van der Waals surface area (Å²) in [6, 6.07) is 6.58. The number of anilines is 1. The topological polar surface area (TPSA) is 43.8 Å². The maximum absolute atomic E-state index is 10.6. The summed E-state index contributed by atoms with van der Waals surface area (Å²) in [4.78, 5) is 15.1. The van der Waals surface area contributed by atoms with Gasteiger partial charge in [-0.15, -0.1) is 0 Å². The molecule has 0 saturated carbocycles. The van der Waals surface area contributed by atoms with Crippen molar-refractivity contribution in [2.45, 2.75) is 26.8 Å². The molecule has 0 aromatic heterocycles. The molecule has 0 aliphatic carbocycles. The number of aryl methyl sites for hydroxylation is 1. The van der Waals surface area contributed by atoms with Crippen molar-refractivity contribution in [3.63, 3.8) is 0 Å². The van der Waals surface area contributed by atoms with Gasteiger partial charge in [0.05, 0.1) is 0 Å². The zero-order chi connectivity index (χ0) is 16.0. The average Bonchev–Trinajstić information content (AvgIpc) is 2.37. The number of hydrogen-bond acceptors (Lipinski definition) is 3. The van der Waals surface area contributed by atoms with E-state index in [9.17, 15) is 4.79 Å². The van der Waals surface area contributed by atoms with Crippen molar-refractivity contribution in [1.29, 1.82) is 0 Å². The summed E-state index contributed by atoms with van der Waals surface area (Å²) in [6.45, 7) is 8.32. The number of carbonyl (C=O) groups is 1. The molecule has 0 bridgehead atoms. The molecule has 1 atom stereocenters. The fraction of sp³-hybridized carbons (Fsp3) is 0.471. The lowest BCUT2D eigenvalue weighted by molar-refractivity contribution is -0.131. The minimum absolute atomic E-state index is 0.421. The maximum Gasteiger partial charge on any atom is 0.328 e. The van der Waals surface area contributed by atoms with E-state index in [-0.39, 0.29) is 0 Å². The van der Waals surface area contributed by atoms with Crippen LogP contribution in [0.15, 0.2) is 24.3 Å². The van der Waals surface area contributed by atoms with Gasteiger partial charge in [0.25, 0.3) is 0 Å². The van der Waals surface area contributed by atoms with Crippen LogP contribution in [0, 0.1) is 6.92 Å². The van der Waals surface area contributed by atoms with Crippen molar-refractivity contribution in [2.75, 3.05) is 32.1 Å². The Balaban J connectivity index is 2.97. The first-order chi connectivity index (χ1) is 9.85. The quantitative estimate of drug-likeness (QED) is 0.784. The van der Waals surface area contributed by atoms with Gasteiger partial charge < -0.3 is 14.9 Å². The van der Waals surface area contributed by atoms with Crippen LogP contribution in [0.5, 0.6) is 0 Å². The molecule has 1 aromatic carbocycles. The Labute approximate surface area is 127 Å². The predicted molar refractivity (Wildman–Crippen MR) is 88.9 cm³/mol. The third-order valence-electron chi connectivity index (χ3n) is 3.49. The third kappa shape index (κ3) is 5.23. The smallest absolute Gasteiger partial charge is 0.328 e. The van der Waals surface area contributed by atoms with Crippen molar-refractivity contribution in [3.8, 4) is 0 Å². The Morgan fingerprint density at radius 1 is 1.38 bits per heavy atom. The predicted octanol–water partition coefficient (Wildman–Crippen LogP) is 2.87. The zero-order valence-electron chi connectivity index (χ0n) is 13.6. The molecule has 21 heavy (non-hydrogen) atoms. The highest BCUT2D eigenvalue weighted by molar-refractivity contribution is 5.85. The molecular formula is C17H26N2O2. The number of aliphatic carboxylic acids is 1. The highest BCUT2D eigenvalue weighted by Crippen LogP contribution is 2.22. The molecule has 1 rings (SSSR count). The second-order valence-electron chi connectivity index (χ2n) is 5.61. The zero-order valence-corrected chi connectivity index (χ0v) is 13.6. The highest BCUT2D eigenvalue weighted by atomic mass is 16.4. The maximum atomic E-state index is 10.6. The normalized spacial score (nSPS) is 12.9. The van der Waals surface area contributed by atoms with Gasteiger partial charge in [0.15, 0.2) is 0 Å². The van der Waals surface area contributed by atoms with Crippen LogP contribution < -0.4 is 4.90 Å². The molecule has 0 spiro atoms. The van der Waals surface area contributed by atoms with Crippen molar-refractivity contribution in [2.24, 2.45) is 0 Å². The molecule has 1 unspecified atom stereocenters. The molecule has 0 saturated heterocycles. The second kappa shape index (κ2) is 7.84. The molecule has 0 heterocycles. The minimum atomic E-state index is -0.923. The van der Waals surface area contributed by atoms with E-state index >= 15 is 0 Å². The van der Waals surface area contributed by atoms with Crippen LogP contribution in [0.2, 0.25) is 0 Å². The molecular weight excluding hydrogens is 264 g/mol. The number of likely N-dealkylation sites (N-methyl/N-ethyl adjacent to an activating group) is 2. The van der Waals surface area contributed by atoms with Gasteiger partial charge in [-0.25, -0.2) is 4.79 Å². The Hall–Kier alpha value is -1.81. The molecule has 0 aliphatic heterocycles. The number of carboxylic acid groups (broad SMARTS) is 1. The van der Waals surface area contributed by atoms with E-state index in [1.54, 1.807) is 6.08 Å². The molecule has 4 nitrogen and oxygen atoms in total. The van der Waals surface area contributed by atoms with Crippen molar-refractivity contribution in [1.82, 2.24) is 4.90 Å². The third-order valence-corrected chi connectivity index (χ3v) is 3.49. The fourth-order valence-corrected chi connectivity index (χ4v) is 2.56. The minimum Gasteiger partial charge on any atom is -0.478 e. The van der Waals surface area contributed by atoms with Crippen molar-refractivity contribution in [3.05, 3.63) is 35.4 Å². The lowest BCUT2D eigenvalue weighted by Crippen LogP contribution is -2.40. The standard InChI is InChI=1S/C17H26N2O2/c1-6-19(14(3)12-18(4)5)16-9-7-15(13(2)11-16)8-10-17(20)21/h7-11,14H,6,12H2,1-5H3,(H,20,21)/b10-8+.